The summed E-state index contributed by atoms with van der Waals surface area (Å²) < 4.78 is 2.04. The minimum atomic E-state index is 0.732. The highest BCUT2D eigenvalue weighted by Gasteiger charge is 2.28. The summed E-state index contributed by atoms with van der Waals surface area (Å²) in [5.74, 6) is 2.10. The summed E-state index contributed by atoms with van der Waals surface area (Å²) in [6.07, 6.45) is 9.19. The monoisotopic (exact) mass is 285 g/mol. The molecule has 1 atom stereocenters. The fourth-order valence-corrected chi connectivity index (χ4v) is 2.88. The highest BCUT2D eigenvalue weighted by Crippen LogP contribution is 2.38. The third-order valence-corrected chi connectivity index (χ3v) is 4.35. The second-order valence-corrected chi connectivity index (χ2v) is 5.82. The molecule has 0 aliphatic heterocycles. The van der Waals surface area contributed by atoms with Crippen LogP contribution in [-0.4, -0.2) is 19.6 Å². The fourth-order valence-electron chi connectivity index (χ4n) is 2.03. The predicted octanol–water partition coefficient (Wildman–Crippen LogP) is 3.18. The van der Waals surface area contributed by atoms with E-state index in [1.807, 2.05) is 4.68 Å². The third kappa shape index (κ3) is 3.30. The van der Waals surface area contributed by atoms with E-state index in [0.717, 1.165) is 36.0 Å². The Hall–Kier alpha value is -0.380. The SMILES string of the molecule is CCCn1ncnc1CCCC(Br)C1CC1. The van der Waals surface area contributed by atoms with Gasteiger partial charge in [-0.3, -0.25) is 4.68 Å². The van der Waals surface area contributed by atoms with Gasteiger partial charge in [-0.05, 0) is 38.0 Å². The molecule has 0 amide bonds. The van der Waals surface area contributed by atoms with E-state index in [-0.39, 0.29) is 0 Å². The van der Waals surface area contributed by atoms with Gasteiger partial charge in [0.15, 0.2) is 0 Å². The molecular formula is C12H20BrN3. The topological polar surface area (TPSA) is 30.7 Å². The van der Waals surface area contributed by atoms with E-state index in [9.17, 15) is 0 Å². The molecule has 1 aliphatic rings. The third-order valence-electron chi connectivity index (χ3n) is 3.14. The zero-order valence-electron chi connectivity index (χ0n) is 9.90. The van der Waals surface area contributed by atoms with E-state index in [1.54, 1.807) is 6.33 Å². The van der Waals surface area contributed by atoms with Crippen molar-refractivity contribution in [2.75, 3.05) is 0 Å². The molecule has 16 heavy (non-hydrogen) atoms. The van der Waals surface area contributed by atoms with Crippen molar-refractivity contribution >= 4 is 15.9 Å². The van der Waals surface area contributed by atoms with Crippen LogP contribution < -0.4 is 0 Å². The summed E-state index contributed by atoms with van der Waals surface area (Å²) in [7, 11) is 0. The van der Waals surface area contributed by atoms with E-state index in [0.29, 0.717) is 0 Å². The maximum Gasteiger partial charge on any atom is 0.138 e. The first-order valence-corrected chi connectivity index (χ1v) is 7.23. The van der Waals surface area contributed by atoms with Crippen molar-refractivity contribution in [2.24, 2.45) is 5.92 Å². The molecule has 2 rings (SSSR count). The standard InChI is InChI=1S/C12H20BrN3/c1-2-8-16-12(14-9-15-16)5-3-4-11(13)10-6-7-10/h9-11H,2-8H2,1H3. The summed E-state index contributed by atoms with van der Waals surface area (Å²) in [4.78, 5) is 5.06. The molecule has 0 N–H and O–H groups in total. The van der Waals surface area contributed by atoms with Gasteiger partial charge in [0.25, 0.3) is 0 Å². The largest absolute Gasteiger partial charge is 0.250 e. The Morgan fingerprint density at radius 1 is 1.56 bits per heavy atom. The molecule has 1 aromatic rings. The number of aryl methyl sites for hydroxylation is 2. The van der Waals surface area contributed by atoms with Gasteiger partial charge in [-0.2, -0.15) is 5.10 Å². The Kier molecular flexibility index (Phi) is 4.38. The van der Waals surface area contributed by atoms with Crippen molar-refractivity contribution in [3.63, 3.8) is 0 Å². The molecule has 1 heterocycles. The number of nitrogens with zero attached hydrogens (tertiary/aromatic N) is 3. The van der Waals surface area contributed by atoms with Crippen LogP contribution in [0.3, 0.4) is 0 Å². The summed E-state index contributed by atoms with van der Waals surface area (Å²) in [6, 6.07) is 0. The first-order valence-electron chi connectivity index (χ1n) is 6.32. The second kappa shape index (κ2) is 5.80. The lowest BCUT2D eigenvalue weighted by molar-refractivity contribution is 0.551. The van der Waals surface area contributed by atoms with E-state index in [2.05, 4.69) is 32.9 Å². The van der Waals surface area contributed by atoms with Gasteiger partial charge < -0.3 is 0 Å². The van der Waals surface area contributed by atoms with Gasteiger partial charge in [-0.25, -0.2) is 4.98 Å². The quantitative estimate of drug-likeness (QED) is 0.721. The van der Waals surface area contributed by atoms with Crippen LogP contribution >= 0.6 is 15.9 Å². The molecule has 1 aromatic heterocycles. The molecule has 3 nitrogen and oxygen atoms in total. The predicted molar refractivity (Wildman–Crippen MR) is 68.7 cm³/mol. The maximum atomic E-state index is 4.33. The minimum absolute atomic E-state index is 0.732. The Morgan fingerprint density at radius 3 is 3.06 bits per heavy atom. The molecule has 1 aliphatic carbocycles. The van der Waals surface area contributed by atoms with Crippen molar-refractivity contribution in [3.05, 3.63) is 12.2 Å². The van der Waals surface area contributed by atoms with Crippen LogP contribution in [-0.2, 0) is 13.0 Å². The van der Waals surface area contributed by atoms with Crippen LogP contribution in [0.4, 0.5) is 0 Å². The molecule has 1 fully saturated rings. The van der Waals surface area contributed by atoms with Crippen LogP contribution in [0.5, 0.6) is 0 Å². The molecule has 90 valence electrons. The van der Waals surface area contributed by atoms with Crippen molar-refractivity contribution < 1.29 is 0 Å². The van der Waals surface area contributed by atoms with Crippen LogP contribution in [0, 0.1) is 5.92 Å². The molecule has 0 saturated heterocycles. The molecule has 1 saturated carbocycles. The van der Waals surface area contributed by atoms with Crippen molar-refractivity contribution in [1.29, 1.82) is 0 Å². The number of hydrogen-bond acceptors (Lipinski definition) is 2. The number of rotatable bonds is 7. The normalized spacial score (nSPS) is 17.6. The lowest BCUT2D eigenvalue weighted by atomic mass is 10.1. The zero-order valence-corrected chi connectivity index (χ0v) is 11.5. The van der Waals surface area contributed by atoms with Gasteiger partial charge in [0, 0.05) is 17.8 Å². The number of aromatic nitrogens is 3. The van der Waals surface area contributed by atoms with Gasteiger partial charge >= 0.3 is 0 Å². The smallest absolute Gasteiger partial charge is 0.138 e. The number of alkyl halides is 1. The van der Waals surface area contributed by atoms with Crippen LogP contribution in [0.2, 0.25) is 0 Å². The van der Waals surface area contributed by atoms with Crippen molar-refractivity contribution in [2.45, 2.75) is 56.8 Å². The Bertz CT molecular complexity index is 320. The van der Waals surface area contributed by atoms with Gasteiger partial charge in [0.1, 0.15) is 12.2 Å². The van der Waals surface area contributed by atoms with Crippen LogP contribution in [0.1, 0.15) is 44.9 Å². The Labute approximate surface area is 106 Å². The van der Waals surface area contributed by atoms with Crippen molar-refractivity contribution in [1.82, 2.24) is 14.8 Å². The van der Waals surface area contributed by atoms with Crippen molar-refractivity contribution in [3.8, 4) is 0 Å². The number of hydrogen-bond donors (Lipinski definition) is 0. The summed E-state index contributed by atoms with van der Waals surface area (Å²) >= 11 is 3.78. The highest BCUT2D eigenvalue weighted by molar-refractivity contribution is 9.09. The first-order chi connectivity index (χ1) is 7.81. The highest BCUT2D eigenvalue weighted by atomic mass is 79.9. The summed E-state index contributed by atoms with van der Waals surface area (Å²) in [5, 5.41) is 4.24. The van der Waals surface area contributed by atoms with E-state index >= 15 is 0 Å². The number of halogens is 1. The molecule has 0 radical (unpaired) electrons. The summed E-state index contributed by atoms with van der Waals surface area (Å²) in [6.45, 7) is 3.17. The molecular weight excluding hydrogens is 266 g/mol. The molecule has 0 aromatic carbocycles. The van der Waals surface area contributed by atoms with Gasteiger partial charge in [-0.15, -0.1) is 0 Å². The fraction of sp³-hybridized carbons (Fsp3) is 0.833. The molecule has 0 bridgehead atoms. The zero-order chi connectivity index (χ0) is 11.4. The van der Waals surface area contributed by atoms with Gasteiger partial charge in [0.2, 0.25) is 0 Å². The van der Waals surface area contributed by atoms with E-state index in [1.165, 1.54) is 25.7 Å². The van der Waals surface area contributed by atoms with Gasteiger partial charge in [0.05, 0.1) is 0 Å². The molecule has 1 unspecified atom stereocenters. The molecule has 0 spiro atoms. The van der Waals surface area contributed by atoms with E-state index < -0.39 is 0 Å². The second-order valence-electron chi connectivity index (χ2n) is 4.65. The van der Waals surface area contributed by atoms with Gasteiger partial charge in [-0.1, -0.05) is 22.9 Å². The lowest BCUT2D eigenvalue weighted by Crippen LogP contribution is -2.07. The molecule has 4 heteroatoms. The summed E-state index contributed by atoms with van der Waals surface area (Å²) in [5.41, 5.74) is 0. The Morgan fingerprint density at radius 2 is 2.38 bits per heavy atom. The van der Waals surface area contributed by atoms with E-state index in [4.69, 9.17) is 0 Å². The minimum Gasteiger partial charge on any atom is -0.250 e. The average Bonchev–Trinajstić information content (AvgIpc) is 3.03. The average molecular weight is 286 g/mol. The van der Waals surface area contributed by atoms with Crippen LogP contribution in [0.25, 0.3) is 0 Å². The Balaban J connectivity index is 1.73. The van der Waals surface area contributed by atoms with Crippen LogP contribution in [0.15, 0.2) is 6.33 Å². The lowest BCUT2D eigenvalue weighted by Gasteiger charge is -2.08. The first kappa shape index (κ1) is 12.1. The maximum absolute atomic E-state index is 4.33.